The summed E-state index contributed by atoms with van der Waals surface area (Å²) in [5.74, 6) is 0. The highest BCUT2D eigenvalue weighted by atomic mass is 33.1. The van der Waals surface area contributed by atoms with Gasteiger partial charge in [-0.3, -0.25) is 9.44 Å². The minimum absolute atomic E-state index is 1.02. The molecule has 0 radical (unpaired) electrons. The molecule has 0 saturated heterocycles. The first-order valence-electron chi connectivity index (χ1n) is 1.75. The minimum Gasteiger partial charge on any atom is -0.464 e. The van der Waals surface area contributed by atoms with Crippen LogP contribution in [0.2, 0.25) is 0 Å². The highest BCUT2D eigenvalue weighted by Crippen LogP contribution is 2.09. The van der Waals surface area contributed by atoms with Crippen molar-refractivity contribution in [3.63, 3.8) is 0 Å². The molecular formula is C2H6N2O2S2. The standard InChI is InChI=1S/C2H6N2O2S2/c1-3-7-8-4-2(5)6/h3-4H,1H3,(H,5,6). The van der Waals surface area contributed by atoms with Crippen LogP contribution in [0.4, 0.5) is 4.79 Å². The Morgan fingerprint density at radius 2 is 2.25 bits per heavy atom. The molecule has 0 aromatic heterocycles. The van der Waals surface area contributed by atoms with Gasteiger partial charge in [0.05, 0.1) is 0 Å². The molecule has 0 unspecified atom stereocenters. The third-order valence-electron chi connectivity index (χ3n) is 0.254. The number of rotatable bonds is 3. The van der Waals surface area contributed by atoms with Gasteiger partial charge in [-0.25, -0.2) is 4.79 Å². The van der Waals surface area contributed by atoms with Crippen LogP contribution in [-0.2, 0) is 0 Å². The van der Waals surface area contributed by atoms with Gasteiger partial charge in [0.15, 0.2) is 0 Å². The number of amides is 1. The van der Waals surface area contributed by atoms with E-state index in [1.54, 1.807) is 7.05 Å². The van der Waals surface area contributed by atoms with Crippen molar-refractivity contribution in [2.75, 3.05) is 7.05 Å². The Hall–Kier alpha value is -0.0700. The van der Waals surface area contributed by atoms with Crippen LogP contribution in [-0.4, -0.2) is 18.2 Å². The van der Waals surface area contributed by atoms with Crippen LogP contribution in [0, 0.1) is 0 Å². The molecule has 0 rings (SSSR count). The topological polar surface area (TPSA) is 61.4 Å². The molecule has 0 atom stereocenters. The van der Waals surface area contributed by atoms with Gasteiger partial charge in [0, 0.05) is 22.0 Å². The van der Waals surface area contributed by atoms with E-state index in [0.29, 0.717) is 0 Å². The lowest BCUT2D eigenvalue weighted by molar-refractivity contribution is 0.202. The normalized spacial score (nSPS) is 8.62. The number of hydrogen-bond acceptors (Lipinski definition) is 4. The molecule has 0 aliphatic carbocycles. The monoisotopic (exact) mass is 154 g/mol. The summed E-state index contributed by atoms with van der Waals surface area (Å²) in [4.78, 5) is 9.70. The molecule has 0 aliphatic rings. The summed E-state index contributed by atoms with van der Waals surface area (Å²) in [7, 11) is 3.94. The Kier molecular flexibility index (Phi) is 5.03. The van der Waals surface area contributed by atoms with Crippen molar-refractivity contribution in [3.05, 3.63) is 0 Å². The van der Waals surface area contributed by atoms with Gasteiger partial charge >= 0.3 is 6.09 Å². The first-order chi connectivity index (χ1) is 3.77. The lowest BCUT2D eigenvalue weighted by Gasteiger charge is -1.93. The number of hydrogen-bond donors (Lipinski definition) is 3. The van der Waals surface area contributed by atoms with E-state index in [4.69, 9.17) is 5.11 Å². The van der Waals surface area contributed by atoms with E-state index in [2.05, 4.69) is 9.44 Å². The van der Waals surface area contributed by atoms with Gasteiger partial charge in [-0.1, -0.05) is 0 Å². The molecule has 0 bridgehead atoms. The summed E-state index contributed by atoms with van der Waals surface area (Å²) in [5, 5.41) is 7.97. The smallest absolute Gasteiger partial charge is 0.415 e. The van der Waals surface area contributed by atoms with Crippen molar-refractivity contribution in [3.8, 4) is 0 Å². The van der Waals surface area contributed by atoms with E-state index in [1.807, 2.05) is 0 Å². The average molecular weight is 154 g/mol. The highest BCUT2D eigenvalue weighted by Gasteiger charge is 1.90. The van der Waals surface area contributed by atoms with Gasteiger partial charge in [0.1, 0.15) is 0 Å². The van der Waals surface area contributed by atoms with Crippen LogP contribution in [0.5, 0.6) is 0 Å². The molecule has 0 heterocycles. The van der Waals surface area contributed by atoms with Crippen LogP contribution in [0.3, 0.4) is 0 Å². The first-order valence-corrected chi connectivity index (χ1v) is 3.90. The SMILES string of the molecule is CNSSNC(=O)O. The van der Waals surface area contributed by atoms with Crippen molar-refractivity contribution in [1.82, 2.24) is 9.44 Å². The number of nitrogens with one attached hydrogen (secondary N) is 2. The van der Waals surface area contributed by atoms with Crippen LogP contribution in [0.25, 0.3) is 0 Å². The predicted octanol–water partition coefficient (Wildman–Crippen LogP) is 0.685. The zero-order valence-electron chi connectivity index (χ0n) is 4.17. The molecule has 0 saturated carbocycles. The second-order valence-electron chi connectivity index (χ2n) is 0.778. The van der Waals surface area contributed by atoms with Crippen LogP contribution in [0.1, 0.15) is 0 Å². The Balaban J connectivity index is 2.82. The zero-order chi connectivity index (χ0) is 6.41. The molecule has 6 heteroatoms. The fraction of sp³-hybridized carbons (Fsp3) is 0.500. The van der Waals surface area contributed by atoms with Crippen molar-refractivity contribution in [2.24, 2.45) is 0 Å². The Labute approximate surface area is 55.1 Å². The Bertz CT molecular complexity index is 78.4. The molecule has 4 nitrogen and oxygen atoms in total. The third-order valence-corrected chi connectivity index (χ3v) is 1.76. The quantitative estimate of drug-likeness (QED) is 0.317. The predicted molar refractivity (Wildman–Crippen MR) is 35.4 cm³/mol. The number of carbonyl (C=O) groups is 1. The first kappa shape index (κ1) is 7.93. The van der Waals surface area contributed by atoms with Gasteiger partial charge in [0.25, 0.3) is 0 Å². The Morgan fingerprint density at radius 3 is 2.62 bits per heavy atom. The maximum absolute atomic E-state index is 9.70. The Morgan fingerprint density at radius 1 is 1.62 bits per heavy atom. The molecule has 0 aliphatic heterocycles. The van der Waals surface area contributed by atoms with E-state index in [-0.39, 0.29) is 0 Å². The lowest BCUT2D eigenvalue weighted by Crippen LogP contribution is -2.10. The second-order valence-corrected chi connectivity index (χ2v) is 2.72. The maximum Gasteiger partial charge on any atom is 0.415 e. The summed E-state index contributed by atoms with van der Waals surface area (Å²) >= 11 is 0. The van der Waals surface area contributed by atoms with Gasteiger partial charge < -0.3 is 5.11 Å². The maximum atomic E-state index is 9.70. The third kappa shape index (κ3) is 5.93. The largest absolute Gasteiger partial charge is 0.464 e. The molecule has 0 aromatic carbocycles. The summed E-state index contributed by atoms with van der Waals surface area (Å²) in [5.41, 5.74) is 0. The van der Waals surface area contributed by atoms with Gasteiger partial charge in [-0.2, -0.15) is 0 Å². The molecule has 0 spiro atoms. The van der Waals surface area contributed by atoms with Crippen LogP contribution in [0.15, 0.2) is 0 Å². The summed E-state index contributed by atoms with van der Waals surface area (Å²) in [6.07, 6.45) is -1.03. The van der Waals surface area contributed by atoms with Gasteiger partial charge in [-0.15, -0.1) is 0 Å². The molecular weight excluding hydrogens is 148 g/mol. The van der Waals surface area contributed by atoms with Crippen molar-refractivity contribution >= 4 is 28.1 Å². The van der Waals surface area contributed by atoms with Crippen LogP contribution < -0.4 is 9.44 Å². The molecule has 0 fully saturated rings. The van der Waals surface area contributed by atoms with E-state index in [9.17, 15) is 4.79 Å². The van der Waals surface area contributed by atoms with Gasteiger partial charge in [0.2, 0.25) is 0 Å². The fourth-order valence-corrected chi connectivity index (χ4v) is 0.883. The minimum atomic E-state index is -1.03. The molecule has 3 N–H and O–H groups in total. The highest BCUT2D eigenvalue weighted by molar-refractivity contribution is 8.75. The number of carboxylic acid groups (broad SMARTS) is 1. The fourth-order valence-electron chi connectivity index (χ4n) is 0.0981. The van der Waals surface area contributed by atoms with E-state index < -0.39 is 6.09 Å². The van der Waals surface area contributed by atoms with Crippen molar-refractivity contribution in [2.45, 2.75) is 0 Å². The second kappa shape index (κ2) is 5.07. The summed E-state index contributed by atoms with van der Waals surface area (Å²) in [6.45, 7) is 0. The molecule has 0 aromatic rings. The molecule has 8 heavy (non-hydrogen) atoms. The average Bonchev–Trinajstić information content (AvgIpc) is 1.66. The van der Waals surface area contributed by atoms with E-state index >= 15 is 0 Å². The summed E-state index contributed by atoms with van der Waals surface area (Å²) in [6, 6.07) is 0. The summed E-state index contributed by atoms with van der Waals surface area (Å²) < 4.78 is 4.76. The van der Waals surface area contributed by atoms with E-state index in [0.717, 1.165) is 11.0 Å². The molecule has 1 amide bonds. The van der Waals surface area contributed by atoms with Crippen molar-refractivity contribution < 1.29 is 9.90 Å². The van der Waals surface area contributed by atoms with E-state index in [1.165, 1.54) is 11.0 Å². The van der Waals surface area contributed by atoms with Gasteiger partial charge in [-0.05, 0) is 7.05 Å². The van der Waals surface area contributed by atoms with Crippen LogP contribution >= 0.6 is 22.0 Å². The van der Waals surface area contributed by atoms with Crippen molar-refractivity contribution in [1.29, 1.82) is 0 Å². The zero-order valence-corrected chi connectivity index (χ0v) is 5.80. The lowest BCUT2D eigenvalue weighted by atomic mass is 11.3. The molecule has 48 valence electrons.